The van der Waals surface area contributed by atoms with Gasteiger partial charge in [-0.05, 0) is 87.5 Å². The third kappa shape index (κ3) is 5.28. The van der Waals surface area contributed by atoms with Gasteiger partial charge in [0.2, 0.25) is 6.29 Å². The summed E-state index contributed by atoms with van der Waals surface area (Å²) in [5.41, 5.74) is 0. The van der Waals surface area contributed by atoms with Gasteiger partial charge in [-0.25, -0.2) is 17.6 Å². The Kier molecular flexibility index (Phi) is 7.08. The van der Waals surface area contributed by atoms with E-state index in [9.17, 15) is 22.7 Å². The van der Waals surface area contributed by atoms with Gasteiger partial charge in [0.1, 0.15) is 29.0 Å². The minimum absolute atomic E-state index is 0.268. The number of benzene rings is 3. The highest BCUT2D eigenvalue weighted by Crippen LogP contribution is 2.52. The highest BCUT2D eigenvalue weighted by Gasteiger charge is 2.18. The molecule has 1 N–H and O–H groups in total. The van der Waals surface area contributed by atoms with Crippen LogP contribution in [-0.2, 0) is 0 Å². The SMILES string of the molecule is OC(Oc1ccc([SH](c2cc(F)cc(F)c2)c2cc(F)cc(F)c2)cc1)c1sccc1I. The second kappa shape index (κ2) is 9.82. The zero-order chi connectivity index (χ0) is 22.8. The van der Waals surface area contributed by atoms with Crippen molar-refractivity contribution >= 4 is 44.8 Å². The van der Waals surface area contributed by atoms with Gasteiger partial charge in [-0.2, -0.15) is 10.9 Å². The second-order valence-corrected chi connectivity index (χ2v) is 11.0. The third-order valence-electron chi connectivity index (χ3n) is 4.42. The molecule has 1 unspecified atom stereocenters. The van der Waals surface area contributed by atoms with Gasteiger partial charge >= 0.3 is 0 Å². The van der Waals surface area contributed by atoms with Crippen LogP contribution in [0.25, 0.3) is 0 Å². The van der Waals surface area contributed by atoms with Crippen molar-refractivity contribution in [1.82, 2.24) is 0 Å². The maximum absolute atomic E-state index is 13.9. The van der Waals surface area contributed by atoms with Gasteiger partial charge in [0.15, 0.2) is 0 Å². The molecule has 3 aromatic carbocycles. The van der Waals surface area contributed by atoms with E-state index in [0.717, 1.165) is 40.0 Å². The number of thiophene rings is 1. The number of halogens is 5. The maximum Gasteiger partial charge on any atom is 0.234 e. The van der Waals surface area contributed by atoms with Crippen LogP contribution in [0.4, 0.5) is 17.6 Å². The van der Waals surface area contributed by atoms with Gasteiger partial charge in [0.25, 0.3) is 0 Å². The lowest BCUT2D eigenvalue weighted by Crippen LogP contribution is -2.05. The number of ether oxygens (including phenoxy) is 1. The molecular weight excluding hydrogens is 575 g/mol. The number of thiol groups is 1. The fourth-order valence-corrected chi connectivity index (χ4v) is 7.24. The molecule has 0 amide bonds. The molecule has 1 heterocycles. The standard InChI is InChI=1S/C23H15F4IO2S2/c24-13-7-14(25)10-19(9-13)32(20-11-15(26)8-16(27)12-20)18-3-1-17(2-4-18)30-23(29)22-21(28)5-6-31-22/h1-12,23,29,32H. The Morgan fingerprint density at radius 3 is 1.69 bits per heavy atom. The van der Waals surface area contributed by atoms with Gasteiger partial charge in [0.05, 0.1) is 4.88 Å². The lowest BCUT2D eigenvalue weighted by molar-refractivity contribution is -0.0170. The first-order valence-corrected chi connectivity index (χ1v) is 12.5. The molecule has 0 spiro atoms. The highest BCUT2D eigenvalue weighted by atomic mass is 127. The normalized spacial score (nSPS) is 12.5. The molecule has 0 bridgehead atoms. The number of hydrogen-bond donors (Lipinski definition) is 2. The first-order chi connectivity index (χ1) is 15.3. The summed E-state index contributed by atoms with van der Waals surface area (Å²) in [6.07, 6.45) is -1.15. The minimum atomic E-state index is -1.66. The molecule has 0 aliphatic rings. The van der Waals surface area contributed by atoms with E-state index in [-0.39, 0.29) is 9.79 Å². The van der Waals surface area contributed by atoms with Crippen molar-refractivity contribution in [3.8, 4) is 5.75 Å². The summed E-state index contributed by atoms with van der Waals surface area (Å²) in [6, 6.07) is 14.5. The Balaban J connectivity index is 1.70. The van der Waals surface area contributed by atoms with E-state index in [2.05, 4.69) is 22.6 Å². The zero-order valence-electron chi connectivity index (χ0n) is 16.1. The Morgan fingerprint density at radius 1 is 0.750 bits per heavy atom. The van der Waals surface area contributed by atoms with E-state index in [1.807, 2.05) is 11.4 Å². The minimum Gasteiger partial charge on any atom is -0.460 e. The molecule has 4 rings (SSSR count). The van der Waals surface area contributed by atoms with Crippen molar-refractivity contribution in [2.45, 2.75) is 21.0 Å². The summed E-state index contributed by atoms with van der Waals surface area (Å²) in [6.45, 7) is 0. The first-order valence-electron chi connectivity index (χ1n) is 9.20. The Labute approximate surface area is 202 Å². The lowest BCUT2D eigenvalue weighted by atomic mass is 10.3. The van der Waals surface area contributed by atoms with Crippen LogP contribution in [0.3, 0.4) is 0 Å². The van der Waals surface area contributed by atoms with Gasteiger partial charge in [-0.15, -0.1) is 11.3 Å². The molecular formula is C23H15F4IO2S2. The summed E-state index contributed by atoms with van der Waals surface area (Å²) in [7, 11) is -1.66. The molecule has 1 aromatic heterocycles. The fourth-order valence-electron chi connectivity index (χ4n) is 3.12. The molecule has 1 atom stereocenters. The number of aliphatic hydroxyl groups excluding tert-OH is 1. The van der Waals surface area contributed by atoms with Crippen LogP contribution >= 0.6 is 44.8 Å². The smallest absolute Gasteiger partial charge is 0.234 e. The fraction of sp³-hybridized carbons (Fsp3) is 0.0435. The topological polar surface area (TPSA) is 29.5 Å². The molecule has 4 aromatic rings. The van der Waals surface area contributed by atoms with E-state index in [4.69, 9.17) is 4.74 Å². The molecule has 2 nitrogen and oxygen atoms in total. The summed E-state index contributed by atoms with van der Waals surface area (Å²) in [4.78, 5) is 1.80. The summed E-state index contributed by atoms with van der Waals surface area (Å²) in [5.74, 6) is -2.75. The van der Waals surface area contributed by atoms with Crippen molar-refractivity contribution in [3.63, 3.8) is 0 Å². The van der Waals surface area contributed by atoms with Crippen LogP contribution in [0.2, 0.25) is 0 Å². The average molecular weight is 590 g/mol. The van der Waals surface area contributed by atoms with Crippen molar-refractivity contribution in [2.24, 2.45) is 0 Å². The van der Waals surface area contributed by atoms with E-state index in [1.165, 1.54) is 11.3 Å². The van der Waals surface area contributed by atoms with Crippen molar-refractivity contribution in [1.29, 1.82) is 0 Å². The van der Waals surface area contributed by atoms with Crippen LogP contribution in [-0.4, -0.2) is 5.11 Å². The van der Waals surface area contributed by atoms with Crippen LogP contribution in [0.5, 0.6) is 5.75 Å². The van der Waals surface area contributed by atoms with Gasteiger partial charge < -0.3 is 9.84 Å². The van der Waals surface area contributed by atoms with E-state index in [1.54, 1.807) is 24.3 Å². The van der Waals surface area contributed by atoms with Crippen LogP contribution < -0.4 is 4.74 Å². The van der Waals surface area contributed by atoms with E-state index < -0.39 is 40.5 Å². The quantitative estimate of drug-likeness (QED) is 0.106. The summed E-state index contributed by atoms with van der Waals surface area (Å²) < 4.78 is 62.2. The molecule has 9 heteroatoms. The van der Waals surface area contributed by atoms with Crippen LogP contribution in [0, 0.1) is 26.8 Å². The molecule has 0 radical (unpaired) electrons. The maximum atomic E-state index is 13.9. The Morgan fingerprint density at radius 2 is 1.25 bits per heavy atom. The number of rotatable bonds is 6. The van der Waals surface area contributed by atoms with E-state index in [0.29, 0.717) is 15.5 Å². The van der Waals surface area contributed by atoms with Gasteiger partial charge in [0, 0.05) is 25.5 Å². The highest BCUT2D eigenvalue weighted by molar-refractivity contribution is 14.1. The third-order valence-corrected chi connectivity index (χ3v) is 9.04. The first kappa shape index (κ1) is 23.1. The second-order valence-electron chi connectivity index (χ2n) is 6.69. The van der Waals surface area contributed by atoms with Crippen LogP contribution in [0.15, 0.2) is 86.8 Å². The van der Waals surface area contributed by atoms with Crippen molar-refractivity contribution in [3.05, 3.63) is 104 Å². The largest absolute Gasteiger partial charge is 0.460 e. The number of aliphatic hydroxyl groups is 1. The molecule has 166 valence electrons. The Hall–Kier alpha value is -2.08. The predicted molar refractivity (Wildman–Crippen MR) is 126 cm³/mol. The molecule has 0 aliphatic heterocycles. The van der Waals surface area contributed by atoms with E-state index >= 15 is 0 Å². The Bertz CT molecular complexity index is 1160. The predicted octanol–water partition coefficient (Wildman–Crippen LogP) is 7.46. The summed E-state index contributed by atoms with van der Waals surface area (Å²) >= 11 is 3.46. The average Bonchev–Trinajstić information content (AvgIpc) is 3.14. The molecule has 0 aliphatic carbocycles. The van der Waals surface area contributed by atoms with Crippen molar-refractivity contribution < 1.29 is 27.4 Å². The molecule has 32 heavy (non-hydrogen) atoms. The molecule has 0 saturated carbocycles. The monoisotopic (exact) mass is 590 g/mol. The molecule has 0 fully saturated rings. The van der Waals surface area contributed by atoms with Crippen molar-refractivity contribution in [2.75, 3.05) is 0 Å². The zero-order valence-corrected chi connectivity index (χ0v) is 20.0. The lowest BCUT2D eigenvalue weighted by Gasteiger charge is -2.24. The van der Waals surface area contributed by atoms with Gasteiger partial charge in [-0.3, -0.25) is 0 Å². The van der Waals surface area contributed by atoms with Crippen LogP contribution in [0.1, 0.15) is 11.2 Å². The summed E-state index contributed by atoms with van der Waals surface area (Å²) in [5, 5.41) is 12.2. The molecule has 0 saturated heterocycles. The number of hydrogen-bond acceptors (Lipinski definition) is 3. The van der Waals surface area contributed by atoms with Gasteiger partial charge in [-0.1, -0.05) is 0 Å².